The summed E-state index contributed by atoms with van der Waals surface area (Å²) in [5.41, 5.74) is 4.55. The summed E-state index contributed by atoms with van der Waals surface area (Å²) in [6.45, 7) is 4.18. The number of phenols is 1. The molecule has 0 aromatic heterocycles. The Hall–Kier alpha value is -3.31. The van der Waals surface area contributed by atoms with Crippen LogP contribution in [0.25, 0.3) is 0 Å². The van der Waals surface area contributed by atoms with E-state index in [1.807, 2.05) is 61.5 Å². The van der Waals surface area contributed by atoms with Crippen molar-refractivity contribution >= 4 is 5.91 Å². The molecule has 4 rings (SSSR count). The molecule has 0 aliphatic carbocycles. The number of amides is 1. The number of nitrogens with zero attached hydrogens (tertiary/aromatic N) is 1. The molecule has 0 spiro atoms. The van der Waals surface area contributed by atoms with Crippen molar-refractivity contribution in [2.24, 2.45) is 0 Å². The minimum absolute atomic E-state index is 0.0298. The minimum atomic E-state index is -0.261. The predicted octanol–water partition coefficient (Wildman–Crippen LogP) is 4.03. The third kappa shape index (κ3) is 5.06. The fourth-order valence-electron chi connectivity index (χ4n) is 4.07. The van der Waals surface area contributed by atoms with E-state index in [2.05, 4.69) is 22.3 Å². The van der Waals surface area contributed by atoms with Gasteiger partial charge in [0.15, 0.2) is 11.5 Å². The number of hydrogen-bond acceptors (Lipinski definition) is 4. The summed E-state index contributed by atoms with van der Waals surface area (Å²) in [7, 11) is 0. The first kappa shape index (κ1) is 20.9. The van der Waals surface area contributed by atoms with Crippen molar-refractivity contribution in [2.45, 2.75) is 39.0 Å². The molecule has 160 valence electrons. The van der Waals surface area contributed by atoms with Gasteiger partial charge in [0.2, 0.25) is 5.91 Å². The fraction of sp³-hybridized carbons (Fsp3) is 0.269. The highest BCUT2D eigenvalue weighted by atomic mass is 16.5. The van der Waals surface area contributed by atoms with Crippen molar-refractivity contribution < 1.29 is 14.6 Å². The van der Waals surface area contributed by atoms with E-state index in [4.69, 9.17) is 4.74 Å². The molecule has 0 fully saturated rings. The molecule has 1 aliphatic rings. The Kier molecular flexibility index (Phi) is 6.53. The number of hydrogen-bond donors (Lipinski definition) is 2. The highest BCUT2D eigenvalue weighted by molar-refractivity contribution is 5.82. The maximum atomic E-state index is 13.2. The van der Waals surface area contributed by atoms with Gasteiger partial charge in [0, 0.05) is 19.6 Å². The molecule has 1 aliphatic heterocycles. The molecule has 5 heteroatoms. The van der Waals surface area contributed by atoms with Crippen LogP contribution in [0, 0.1) is 0 Å². The van der Waals surface area contributed by atoms with Gasteiger partial charge in [-0.05, 0) is 47.7 Å². The number of fused-ring (bicyclic) bond motifs is 1. The number of benzene rings is 3. The highest BCUT2D eigenvalue weighted by Gasteiger charge is 2.31. The molecule has 3 aromatic rings. The third-order valence-electron chi connectivity index (χ3n) is 5.67. The van der Waals surface area contributed by atoms with Crippen LogP contribution in [-0.2, 0) is 30.8 Å². The van der Waals surface area contributed by atoms with Crippen molar-refractivity contribution in [3.8, 4) is 11.5 Å². The Bertz CT molecular complexity index is 1040. The first-order valence-corrected chi connectivity index (χ1v) is 10.7. The molecular formula is C26H28N2O3. The van der Waals surface area contributed by atoms with Crippen LogP contribution in [0.5, 0.6) is 11.5 Å². The summed E-state index contributed by atoms with van der Waals surface area (Å²) in [6.07, 6.45) is 0.674. The second kappa shape index (κ2) is 9.67. The van der Waals surface area contributed by atoms with Crippen molar-refractivity contribution in [1.29, 1.82) is 0 Å². The van der Waals surface area contributed by atoms with Gasteiger partial charge < -0.3 is 15.2 Å². The molecule has 1 unspecified atom stereocenters. The number of nitrogens with one attached hydrogen (secondary N) is 1. The molecule has 1 amide bonds. The van der Waals surface area contributed by atoms with Crippen LogP contribution < -0.4 is 10.1 Å². The van der Waals surface area contributed by atoms with Gasteiger partial charge in [-0.1, -0.05) is 60.7 Å². The van der Waals surface area contributed by atoms with E-state index in [0.717, 1.165) is 11.1 Å². The van der Waals surface area contributed by atoms with E-state index >= 15 is 0 Å². The second-order valence-electron chi connectivity index (χ2n) is 7.83. The molecule has 0 bridgehead atoms. The number of carbonyl (C=O) groups is 1. The van der Waals surface area contributed by atoms with Crippen LogP contribution in [0.4, 0.5) is 0 Å². The quantitative estimate of drug-likeness (QED) is 0.610. The summed E-state index contributed by atoms with van der Waals surface area (Å²) in [5.74, 6) is 0.636. The van der Waals surface area contributed by atoms with Crippen molar-refractivity contribution in [1.82, 2.24) is 10.2 Å². The topological polar surface area (TPSA) is 61.8 Å². The molecular weight excluding hydrogens is 388 g/mol. The van der Waals surface area contributed by atoms with E-state index in [0.29, 0.717) is 38.4 Å². The standard InChI is InChI=1S/C26H28N2O3/c1-2-31-25-14-20(12-13-24(25)29)17-28-18-22-11-7-6-10-21(22)15-23(28)26(30)27-16-19-8-4-3-5-9-19/h3-14,23,29H,2,15-18H2,1H3,(H,27,30). The molecule has 5 nitrogen and oxygen atoms in total. The fourth-order valence-corrected chi connectivity index (χ4v) is 4.07. The minimum Gasteiger partial charge on any atom is -0.504 e. The van der Waals surface area contributed by atoms with Crippen LogP contribution in [0.3, 0.4) is 0 Å². The SMILES string of the molecule is CCOc1cc(CN2Cc3ccccc3CC2C(=O)NCc2ccccc2)ccc1O. The lowest BCUT2D eigenvalue weighted by atomic mass is 9.93. The smallest absolute Gasteiger partial charge is 0.237 e. The summed E-state index contributed by atoms with van der Waals surface area (Å²) in [4.78, 5) is 15.4. The summed E-state index contributed by atoms with van der Waals surface area (Å²) in [6, 6.07) is 23.4. The van der Waals surface area contributed by atoms with E-state index in [-0.39, 0.29) is 17.7 Å². The molecule has 1 atom stereocenters. The first-order chi connectivity index (χ1) is 15.1. The van der Waals surface area contributed by atoms with Gasteiger partial charge in [0.1, 0.15) is 0 Å². The summed E-state index contributed by atoms with van der Waals surface area (Å²) >= 11 is 0. The van der Waals surface area contributed by atoms with Gasteiger partial charge in [-0.15, -0.1) is 0 Å². The number of carbonyl (C=O) groups excluding carboxylic acids is 1. The Balaban J connectivity index is 1.54. The van der Waals surface area contributed by atoms with E-state index in [1.165, 1.54) is 11.1 Å². The second-order valence-corrected chi connectivity index (χ2v) is 7.83. The third-order valence-corrected chi connectivity index (χ3v) is 5.67. The van der Waals surface area contributed by atoms with Gasteiger partial charge in [-0.25, -0.2) is 0 Å². The van der Waals surface area contributed by atoms with Crippen LogP contribution in [-0.4, -0.2) is 28.6 Å². The Morgan fingerprint density at radius 3 is 2.55 bits per heavy atom. The lowest BCUT2D eigenvalue weighted by Crippen LogP contribution is -2.49. The monoisotopic (exact) mass is 416 g/mol. The van der Waals surface area contributed by atoms with Crippen molar-refractivity contribution in [2.75, 3.05) is 6.61 Å². The number of rotatable bonds is 7. The van der Waals surface area contributed by atoms with Gasteiger partial charge in [-0.3, -0.25) is 9.69 Å². The molecule has 2 N–H and O–H groups in total. The van der Waals surface area contributed by atoms with Crippen LogP contribution in [0.15, 0.2) is 72.8 Å². The van der Waals surface area contributed by atoms with Crippen molar-refractivity contribution in [3.05, 3.63) is 95.1 Å². The van der Waals surface area contributed by atoms with Crippen LogP contribution >= 0.6 is 0 Å². The lowest BCUT2D eigenvalue weighted by Gasteiger charge is -2.36. The number of ether oxygens (including phenoxy) is 1. The molecule has 0 saturated heterocycles. The maximum absolute atomic E-state index is 13.2. The largest absolute Gasteiger partial charge is 0.504 e. The lowest BCUT2D eigenvalue weighted by molar-refractivity contribution is -0.127. The zero-order valence-electron chi connectivity index (χ0n) is 17.8. The Morgan fingerprint density at radius 1 is 1.03 bits per heavy atom. The maximum Gasteiger partial charge on any atom is 0.237 e. The molecule has 0 radical (unpaired) electrons. The van der Waals surface area contributed by atoms with Crippen molar-refractivity contribution in [3.63, 3.8) is 0 Å². The Morgan fingerprint density at radius 2 is 1.77 bits per heavy atom. The van der Waals surface area contributed by atoms with Crippen LogP contribution in [0.2, 0.25) is 0 Å². The van der Waals surface area contributed by atoms with Gasteiger partial charge in [-0.2, -0.15) is 0 Å². The molecule has 3 aromatic carbocycles. The number of aromatic hydroxyl groups is 1. The van der Waals surface area contributed by atoms with E-state index in [9.17, 15) is 9.90 Å². The van der Waals surface area contributed by atoms with Crippen LogP contribution in [0.1, 0.15) is 29.2 Å². The average molecular weight is 417 g/mol. The van der Waals surface area contributed by atoms with E-state index < -0.39 is 0 Å². The summed E-state index contributed by atoms with van der Waals surface area (Å²) in [5, 5.41) is 13.1. The molecule has 0 saturated carbocycles. The van der Waals surface area contributed by atoms with Gasteiger partial charge in [0.05, 0.1) is 12.6 Å². The summed E-state index contributed by atoms with van der Waals surface area (Å²) < 4.78 is 5.54. The first-order valence-electron chi connectivity index (χ1n) is 10.7. The zero-order valence-corrected chi connectivity index (χ0v) is 17.8. The highest BCUT2D eigenvalue weighted by Crippen LogP contribution is 2.30. The Labute approximate surface area is 183 Å². The average Bonchev–Trinajstić information content (AvgIpc) is 2.80. The molecule has 31 heavy (non-hydrogen) atoms. The number of phenolic OH excluding ortho intramolecular Hbond substituents is 1. The predicted molar refractivity (Wildman–Crippen MR) is 121 cm³/mol. The zero-order chi connectivity index (χ0) is 21.6. The molecule has 1 heterocycles. The van der Waals surface area contributed by atoms with Gasteiger partial charge >= 0.3 is 0 Å². The van der Waals surface area contributed by atoms with E-state index in [1.54, 1.807) is 6.07 Å². The van der Waals surface area contributed by atoms with Gasteiger partial charge in [0.25, 0.3) is 0 Å². The normalized spacial score (nSPS) is 15.8.